The largest absolute Gasteiger partial charge is 0.494 e. The van der Waals surface area contributed by atoms with Crippen LogP contribution in [0.1, 0.15) is 86.9 Å². The van der Waals surface area contributed by atoms with Gasteiger partial charge in [-0.25, -0.2) is 19.9 Å². The van der Waals surface area contributed by atoms with Crippen LogP contribution in [0.4, 0.5) is 23.3 Å². The van der Waals surface area contributed by atoms with E-state index in [1.807, 2.05) is 72.8 Å². The van der Waals surface area contributed by atoms with E-state index >= 15 is 0 Å². The molecule has 8 aromatic rings. The van der Waals surface area contributed by atoms with Crippen LogP contribution in [-0.4, -0.2) is 104 Å². The highest BCUT2D eigenvalue weighted by atomic mass is 16.6. The first-order valence-electron chi connectivity index (χ1n) is 26.6. The number of esters is 2. The van der Waals surface area contributed by atoms with Crippen LogP contribution in [0, 0.1) is 0 Å². The maximum Gasteiger partial charge on any atom is 0.325 e. The quantitative estimate of drug-likeness (QED) is 0.0475. The fraction of sp³-hybridized carbons (Fsp3) is 0.290. The monoisotopic (exact) mass is 1080 g/mol. The number of benzene rings is 5. The first kappa shape index (κ1) is 57.0. The number of H-pyrrole nitrogens is 1. The summed E-state index contributed by atoms with van der Waals surface area (Å²) >= 11 is 0. The minimum Gasteiger partial charge on any atom is -0.494 e. The van der Waals surface area contributed by atoms with E-state index in [1.165, 1.54) is 22.2 Å². The summed E-state index contributed by atoms with van der Waals surface area (Å²) in [6.45, 7) is 16.5. The summed E-state index contributed by atoms with van der Waals surface area (Å²) in [6.07, 6.45) is 8.89. The van der Waals surface area contributed by atoms with Gasteiger partial charge in [0.05, 0.1) is 6.61 Å². The third-order valence-corrected chi connectivity index (χ3v) is 12.2. The number of amides is 2. The van der Waals surface area contributed by atoms with E-state index in [9.17, 15) is 19.2 Å². The van der Waals surface area contributed by atoms with Crippen LogP contribution in [0.3, 0.4) is 0 Å². The molecular formula is C62H68N10O8. The molecule has 4 heterocycles. The van der Waals surface area contributed by atoms with Gasteiger partial charge >= 0.3 is 11.9 Å². The molecule has 0 aliphatic carbocycles. The van der Waals surface area contributed by atoms with Crippen LogP contribution in [0.25, 0.3) is 33.2 Å². The summed E-state index contributed by atoms with van der Waals surface area (Å²) < 4.78 is 22.0. The standard InChI is InChI=1S/C36H38N6O4.C26H30N4O4/c1-36(2,3)46-33(43)22-37-34(44)25-10-8-24(9-11-25)26-20-38-35(39-21-26)40-27-12-14-28(15-13-27)45-19-18-42-17-16-30-29-6-4-5-7-31(29)41-32(30)23-42;1-5-14-33-22-12-10-21(11-13-22)30-25-28-15-20(16-29-25)18-6-8-19(9-7-18)24(32)27-17-23(31)34-26(2,3)4/h4-15,20-21,41H,16-19,22-23H2,1-3H3,(H,37,44)(H,38,39,40);6-13,15-16H,5,14,17H2,1-4H3,(H,27,32)(H,28,29,30). The summed E-state index contributed by atoms with van der Waals surface area (Å²) in [5, 5.41) is 12.9. The van der Waals surface area contributed by atoms with Crippen molar-refractivity contribution in [3.8, 4) is 33.8 Å². The lowest BCUT2D eigenvalue weighted by atomic mass is 10.0. The predicted molar refractivity (Wildman–Crippen MR) is 309 cm³/mol. The van der Waals surface area contributed by atoms with Gasteiger partial charge in [0.2, 0.25) is 11.9 Å². The highest BCUT2D eigenvalue weighted by molar-refractivity contribution is 5.97. The Balaban J connectivity index is 0.000000221. The molecule has 0 bridgehead atoms. The summed E-state index contributed by atoms with van der Waals surface area (Å²) in [4.78, 5) is 72.0. The Kier molecular flexibility index (Phi) is 18.9. The van der Waals surface area contributed by atoms with Gasteiger partial charge in [-0.15, -0.1) is 0 Å². The van der Waals surface area contributed by atoms with Crippen molar-refractivity contribution < 1.29 is 38.1 Å². The molecule has 0 saturated heterocycles. The third-order valence-electron chi connectivity index (χ3n) is 12.2. The zero-order chi connectivity index (χ0) is 56.7. The fourth-order valence-electron chi connectivity index (χ4n) is 8.46. The Morgan fingerprint density at radius 2 is 1.01 bits per heavy atom. The number of ether oxygens (including phenoxy) is 4. The number of hydrogen-bond donors (Lipinski definition) is 5. The number of carbonyl (C=O) groups excluding carboxylic acids is 4. The van der Waals surface area contributed by atoms with E-state index in [2.05, 4.69) is 82.3 Å². The first-order chi connectivity index (χ1) is 38.4. The smallest absolute Gasteiger partial charge is 0.325 e. The van der Waals surface area contributed by atoms with Crippen LogP contribution in [0.15, 0.2) is 146 Å². The number of hydrogen-bond acceptors (Lipinski definition) is 15. The number of nitrogens with zero attached hydrogens (tertiary/aromatic N) is 5. The van der Waals surface area contributed by atoms with Gasteiger partial charge in [0.1, 0.15) is 42.4 Å². The van der Waals surface area contributed by atoms with Crippen LogP contribution in [0.5, 0.6) is 11.5 Å². The third kappa shape index (κ3) is 16.9. The Hall–Kier alpha value is -9.16. The molecule has 0 unspecified atom stereocenters. The van der Waals surface area contributed by atoms with Crippen LogP contribution < -0.4 is 30.7 Å². The van der Waals surface area contributed by atoms with E-state index in [0.717, 1.165) is 77.6 Å². The molecule has 18 nitrogen and oxygen atoms in total. The molecule has 0 atom stereocenters. The average Bonchev–Trinajstić information content (AvgIpc) is 3.88. The highest BCUT2D eigenvalue weighted by Gasteiger charge is 2.21. The molecule has 1 aliphatic heterocycles. The molecule has 0 spiro atoms. The summed E-state index contributed by atoms with van der Waals surface area (Å²) in [5.74, 6) is 0.917. The van der Waals surface area contributed by atoms with Crippen molar-refractivity contribution in [2.24, 2.45) is 0 Å². The number of anilines is 4. The predicted octanol–water partition coefficient (Wildman–Crippen LogP) is 10.6. The normalized spacial score (nSPS) is 12.2. The van der Waals surface area contributed by atoms with Gasteiger partial charge in [-0.2, -0.15) is 0 Å². The number of nitrogens with one attached hydrogen (secondary N) is 5. The van der Waals surface area contributed by atoms with Gasteiger partial charge in [-0.1, -0.05) is 49.4 Å². The van der Waals surface area contributed by atoms with Gasteiger partial charge in [0.15, 0.2) is 0 Å². The second kappa shape index (κ2) is 26.5. The zero-order valence-electron chi connectivity index (χ0n) is 46.2. The topological polar surface area (TPSA) is 224 Å². The van der Waals surface area contributed by atoms with Gasteiger partial charge in [-0.3, -0.25) is 24.1 Å². The molecule has 414 valence electrons. The molecule has 5 aromatic carbocycles. The van der Waals surface area contributed by atoms with Crippen molar-refractivity contribution in [1.29, 1.82) is 0 Å². The SMILES string of the molecule is CC(C)(C)OC(=O)CNC(=O)c1ccc(-c2cnc(Nc3ccc(OCCN4CCc5c([nH]c6ccccc56)C4)cc3)nc2)cc1.CCCOc1ccc(Nc2ncc(-c3ccc(C(=O)NCC(=O)OC(C)(C)C)cc3)cn2)cc1. The summed E-state index contributed by atoms with van der Waals surface area (Å²) in [6, 6.07) is 37.9. The molecule has 9 rings (SSSR count). The lowest BCUT2D eigenvalue weighted by molar-refractivity contribution is -0.154. The highest BCUT2D eigenvalue weighted by Crippen LogP contribution is 2.28. The van der Waals surface area contributed by atoms with Gasteiger partial charge in [0.25, 0.3) is 11.8 Å². The zero-order valence-corrected chi connectivity index (χ0v) is 46.2. The maximum absolute atomic E-state index is 12.4. The number of carbonyl (C=O) groups is 4. The Labute approximate surface area is 466 Å². The van der Waals surface area contributed by atoms with Gasteiger partial charge in [0, 0.05) is 94.6 Å². The van der Waals surface area contributed by atoms with Gasteiger partial charge < -0.3 is 45.2 Å². The lowest BCUT2D eigenvalue weighted by Gasteiger charge is -2.26. The fourth-order valence-corrected chi connectivity index (χ4v) is 8.46. The second-order valence-corrected chi connectivity index (χ2v) is 20.9. The van der Waals surface area contributed by atoms with Crippen molar-refractivity contribution in [3.63, 3.8) is 0 Å². The summed E-state index contributed by atoms with van der Waals surface area (Å²) in [5.41, 5.74) is 8.73. The molecule has 18 heteroatoms. The van der Waals surface area contributed by atoms with Crippen molar-refractivity contribution >= 4 is 57.9 Å². The molecule has 5 N–H and O–H groups in total. The average molecular weight is 1080 g/mol. The summed E-state index contributed by atoms with van der Waals surface area (Å²) in [7, 11) is 0. The van der Waals surface area contributed by atoms with Crippen molar-refractivity contribution in [3.05, 3.63) is 168 Å². The van der Waals surface area contributed by atoms with E-state index in [4.69, 9.17) is 18.9 Å². The van der Waals surface area contributed by atoms with Crippen molar-refractivity contribution in [2.45, 2.75) is 79.1 Å². The molecule has 3 aromatic heterocycles. The molecule has 0 saturated carbocycles. The van der Waals surface area contributed by atoms with Crippen molar-refractivity contribution in [2.75, 3.05) is 50.0 Å². The number of fused-ring (bicyclic) bond motifs is 3. The molecule has 0 radical (unpaired) electrons. The van der Waals surface area contributed by atoms with E-state index < -0.39 is 23.1 Å². The molecular weight excluding hydrogens is 1010 g/mol. The molecule has 2 amide bonds. The van der Waals surface area contributed by atoms with Crippen molar-refractivity contribution in [1.82, 2.24) is 40.5 Å². The van der Waals surface area contributed by atoms with Crippen LogP contribution in [-0.2, 0) is 32.0 Å². The van der Waals surface area contributed by atoms with E-state index in [0.29, 0.717) is 36.2 Å². The Morgan fingerprint density at radius 3 is 1.46 bits per heavy atom. The van der Waals surface area contributed by atoms with Crippen LogP contribution >= 0.6 is 0 Å². The Morgan fingerprint density at radius 1 is 0.562 bits per heavy atom. The minimum atomic E-state index is -0.602. The number of aromatic nitrogens is 5. The van der Waals surface area contributed by atoms with E-state index in [1.54, 1.807) is 90.6 Å². The number of aromatic amines is 1. The Bertz CT molecular complexity index is 3340. The molecule has 1 aliphatic rings. The lowest BCUT2D eigenvalue weighted by Crippen LogP contribution is -2.34. The number of rotatable bonds is 19. The van der Waals surface area contributed by atoms with E-state index in [-0.39, 0.29) is 24.9 Å². The second-order valence-electron chi connectivity index (χ2n) is 20.9. The molecule has 0 fully saturated rings. The maximum atomic E-state index is 12.4. The number of para-hydroxylation sites is 1. The van der Waals surface area contributed by atoms with Crippen LogP contribution in [0.2, 0.25) is 0 Å². The first-order valence-corrected chi connectivity index (χ1v) is 26.6. The van der Waals surface area contributed by atoms with Gasteiger partial charge in [-0.05, 0) is 150 Å². The minimum absolute atomic E-state index is 0.186. The molecule has 80 heavy (non-hydrogen) atoms.